The normalized spacial score (nSPS) is 34.7. The molecule has 0 aromatic carbocycles. The van der Waals surface area contributed by atoms with E-state index in [2.05, 4.69) is 37.5 Å². The summed E-state index contributed by atoms with van der Waals surface area (Å²) in [5.74, 6) is 1.12. The number of hydrogen-bond donors (Lipinski definition) is 0. The van der Waals surface area contributed by atoms with Gasteiger partial charge in [0.1, 0.15) is 0 Å². The molecule has 0 radical (unpaired) electrons. The zero-order chi connectivity index (χ0) is 13.3. The number of rotatable bonds is 2. The van der Waals surface area contributed by atoms with Crippen molar-refractivity contribution in [3.05, 3.63) is 23.4 Å². The highest BCUT2D eigenvalue weighted by Crippen LogP contribution is 2.58. The van der Waals surface area contributed by atoms with Crippen molar-refractivity contribution in [2.24, 2.45) is 22.2 Å². The van der Waals surface area contributed by atoms with Gasteiger partial charge in [0, 0.05) is 5.92 Å². The molecule has 2 fully saturated rings. The molecule has 0 aliphatic heterocycles. The van der Waals surface area contributed by atoms with Crippen LogP contribution in [0.15, 0.2) is 28.4 Å². The molecule has 98 valence electrons. The van der Waals surface area contributed by atoms with Crippen LogP contribution in [0.3, 0.4) is 0 Å². The molecule has 2 saturated carbocycles. The van der Waals surface area contributed by atoms with Crippen molar-refractivity contribution in [1.82, 2.24) is 0 Å². The zero-order valence-electron chi connectivity index (χ0n) is 11.8. The third-order valence-electron chi connectivity index (χ3n) is 4.89. The Hall–Kier alpha value is -0.720. The smallest absolute Gasteiger partial charge is 0.0637 e. The molecule has 0 amide bonds. The van der Waals surface area contributed by atoms with Crippen LogP contribution in [-0.4, -0.2) is 5.16 Å². The van der Waals surface area contributed by atoms with E-state index in [0.717, 1.165) is 0 Å². The largest absolute Gasteiger partial charge is 0.199 e. The first-order chi connectivity index (χ1) is 8.49. The van der Waals surface area contributed by atoms with Gasteiger partial charge in [0.15, 0.2) is 0 Å². The molecule has 3 unspecified atom stereocenters. The highest BCUT2D eigenvalue weighted by Gasteiger charge is 2.49. The Labute approximate surface area is 116 Å². The summed E-state index contributed by atoms with van der Waals surface area (Å²) in [4.78, 5) is 4.37. The van der Waals surface area contributed by atoms with Gasteiger partial charge in [-0.25, -0.2) is 0 Å². The lowest BCUT2D eigenvalue weighted by molar-refractivity contribution is 0.184. The molecular formula is C16H23NS. The van der Waals surface area contributed by atoms with E-state index < -0.39 is 0 Å². The van der Waals surface area contributed by atoms with Gasteiger partial charge in [-0.2, -0.15) is 4.99 Å². The highest BCUT2D eigenvalue weighted by molar-refractivity contribution is 7.78. The lowest BCUT2D eigenvalue weighted by Crippen LogP contribution is -2.31. The van der Waals surface area contributed by atoms with Crippen LogP contribution in [0.4, 0.5) is 0 Å². The summed E-state index contributed by atoms with van der Waals surface area (Å²) >= 11 is 4.81. The molecule has 0 saturated heterocycles. The molecule has 3 atom stereocenters. The van der Waals surface area contributed by atoms with Crippen molar-refractivity contribution in [3.63, 3.8) is 0 Å². The Kier molecular flexibility index (Phi) is 3.89. The molecule has 0 spiro atoms. The lowest BCUT2D eigenvalue weighted by atomic mass is 9.65. The standard InChI is InChI=1S/C16H23NS/c1-11(2)15(17-10-18)13-7-9-16(4)8-5-6-12(3)14(13)16/h13-14H,3,5-9H2,1-2,4H3. The molecule has 0 bridgehead atoms. The van der Waals surface area contributed by atoms with Gasteiger partial charge < -0.3 is 0 Å². The summed E-state index contributed by atoms with van der Waals surface area (Å²) in [6.45, 7) is 11.0. The summed E-state index contributed by atoms with van der Waals surface area (Å²) in [6.07, 6.45) is 6.35. The molecule has 0 N–H and O–H groups in total. The van der Waals surface area contributed by atoms with E-state index in [1.165, 1.54) is 48.9 Å². The molecule has 18 heavy (non-hydrogen) atoms. The summed E-state index contributed by atoms with van der Waals surface area (Å²) in [5.41, 5.74) is 4.32. The first-order valence-corrected chi connectivity index (χ1v) is 7.33. The summed E-state index contributed by atoms with van der Waals surface area (Å²) < 4.78 is 0. The Balaban J connectivity index is 2.38. The predicted octanol–water partition coefficient (Wildman–Crippen LogP) is 5.16. The fraction of sp³-hybridized carbons (Fsp3) is 0.688. The van der Waals surface area contributed by atoms with Gasteiger partial charge in [0.05, 0.1) is 10.9 Å². The molecule has 2 aliphatic rings. The number of aliphatic imine (C=N–C) groups is 1. The van der Waals surface area contributed by atoms with Crippen molar-refractivity contribution in [2.45, 2.75) is 52.9 Å². The molecule has 1 nitrogen and oxygen atoms in total. The van der Waals surface area contributed by atoms with E-state index in [1.807, 2.05) is 0 Å². The van der Waals surface area contributed by atoms with Gasteiger partial charge >= 0.3 is 0 Å². The van der Waals surface area contributed by atoms with E-state index in [-0.39, 0.29) is 0 Å². The Morgan fingerprint density at radius 1 is 1.44 bits per heavy atom. The van der Waals surface area contributed by atoms with Crippen LogP contribution in [0.5, 0.6) is 0 Å². The molecule has 0 aromatic rings. The second-order valence-electron chi connectivity index (χ2n) is 6.38. The first-order valence-electron chi connectivity index (χ1n) is 6.92. The minimum atomic E-state index is 0.442. The maximum Gasteiger partial charge on any atom is 0.0637 e. The van der Waals surface area contributed by atoms with Crippen LogP contribution in [0, 0.1) is 17.3 Å². The number of hydrogen-bond acceptors (Lipinski definition) is 2. The maximum absolute atomic E-state index is 4.81. The third kappa shape index (κ3) is 2.24. The quantitative estimate of drug-likeness (QED) is 0.380. The fourth-order valence-corrected chi connectivity index (χ4v) is 4.23. The van der Waals surface area contributed by atoms with Crippen LogP contribution >= 0.6 is 12.2 Å². The van der Waals surface area contributed by atoms with Gasteiger partial charge in [0.25, 0.3) is 0 Å². The topological polar surface area (TPSA) is 12.4 Å². The van der Waals surface area contributed by atoms with Crippen molar-refractivity contribution in [2.75, 3.05) is 0 Å². The van der Waals surface area contributed by atoms with Crippen molar-refractivity contribution in [3.8, 4) is 0 Å². The van der Waals surface area contributed by atoms with E-state index in [0.29, 0.717) is 17.3 Å². The number of fused-ring (bicyclic) bond motifs is 1. The summed E-state index contributed by atoms with van der Waals surface area (Å²) in [6, 6.07) is 0. The Morgan fingerprint density at radius 3 is 2.78 bits per heavy atom. The molecule has 2 rings (SSSR count). The van der Waals surface area contributed by atoms with Gasteiger partial charge in [-0.1, -0.05) is 24.6 Å². The third-order valence-corrected chi connectivity index (χ3v) is 4.99. The number of isothiocyanates is 1. The SMILES string of the molecule is C=C1CCCC2(C)CCC(C(N=C=S)=C(C)C)C12. The van der Waals surface area contributed by atoms with Gasteiger partial charge in [-0.15, -0.1) is 0 Å². The van der Waals surface area contributed by atoms with E-state index >= 15 is 0 Å². The second kappa shape index (κ2) is 5.11. The van der Waals surface area contributed by atoms with Crippen molar-refractivity contribution >= 4 is 17.4 Å². The number of allylic oxidation sites excluding steroid dienone is 3. The average Bonchev–Trinajstić information content (AvgIpc) is 2.64. The highest BCUT2D eigenvalue weighted by atomic mass is 32.1. The molecule has 0 heterocycles. The second-order valence-corrected chi connectivity index (χ2v) is 6.56. The Bertz CT molecular complexity index is 438. The van der Waals surface area contributed by atoms with Crippen LogP contribution in [0.2, 0.25) is 0 Å². The lowest BCUT2D eigenvalue weighted by Gasteiger charge is -2.40. The van der Waals surface area contributed by atoms with Crippen molar-refractivity contribution in [1.29, 1.82) is 0 Å². The zero-order valence-corrected chi connectivity index (χ0v) is 12.6. The minimum Gasteiger partial charge on any atom is -0.199 e. The Morgan fingerprint density at radius 2 is 2.17 bits per heavy atom. The summed E-state index contributed by atoms with van der Waals surface area (Å²) in [7, 11) is 0. The number of nitrogens with zero attached hydrogens (tertiary/aromatic N) is 1. The molecule has 2 heteroatoms. The number of thiocarbonyl (C=S) groups is 1. The van der Waals surface area contributed by atoms with E-state index in [1.54, 1.807) is 0 Å². The predicted molar refractivity (Wildman–Crippen MR) is 80.7 cm³/mol. The van der Waals surface area contributed by atoms with Gasteiger partial charge in [-0.3, -0.25) is 0 Å². The van der Waals surface area contributed by atoms with Crippen LogP contribution in [0.25, 0.3) is 0 Å². The van der Waals surface area contributed by atoms with Gasteiger partial charge in [0.2, 0.25) is 0 Å². The fourth-order valence-electron chi connectivity index (χ4n) is 4.13. The molecule has 0 aromatic heterocycles. The summed E-state index contributed by atoms with van der Waals surface area (Å²) in [5, 5.41) is 2.57. The van der Waals surface area contributed by atoms with E-state index in [4.69, 9.17) is 12.2 Å². The molecular weight excluding hydrogens is 238 g/mol. The monoisotopic (exact) mass is 261 g/mol. The first kappa shape index (κ1) is 13.7. The minimum absolute atomic E-state index is 0.442. The average molecular weight is 261 g/mol. The van der Waals surface area contributed by atoms with Crippen LogP contribution in [0.1, 0.15) is 52.9 Å². The van der Waals surface area contributed by atoms with Crippen LogP contribution in [-0.2, 0) is 0 Å². The van der Waals surface area contributed by atoms with Crippen molar-refractivity contribution < 1.29 is 0 Å². The van der Waals surface area contributed by atoms with E-state index in [9.17, 15) is 0 Å². The molecule has 2 aliphatic carbocycles. The van der Waals surface area contributed by atoms with Crippen LogP contribution < -0.4 is 0 Å². The maximum atomic E-state index is 4.81. The van der Waals surface area contributed by atoms with Gasteiger partial charge in [-0.05, 0) is 69.5 Å².